The van der Waals surface area contributed by atoms with Gasteiger partial charge >= 0.3 is 6.09 Å². The molecule has 2 fully saturated rings. The van der Waals surface area contributed by atoms with E-state index >= 15 is 0 Å². The third-order valence-electron chi connectivity index (χ3n) is 6.78. The molecule has 0 unspecified atom stereocenters. The minimum absolute atomic E-state index is 0.0806. The summed E-state index contributed by atoms with van der Waals surface area (Å²) in [4.78, 5) is 30.6. The van der Waals surface area contributed by atoms with Gasteiger partial charge in [-0.3, -0.25) is 4.57 Å². The first-order valence-corrected chi connectivity index (χ1v) is 12.8. The highest BCUT2D eigenvalue weighted by atomic mass is 35.5. The molecule has 2 aromatic carbocycles. The topological polar surface area (TPSA) is 76.4 Å². The lowest BCUT2D eigenvalue weighted by molar-refractivity contribution is 0.0259. The molecule has 4 aromatic rings. The first-order chi connectivity index (χ1) is 17.6. The van der Waals surface area contributed by atoms with E-state index in [2.05, 4.69) is 14.9 Å². The van der Waals surface area contributed by atoms with Crippen molar-refractivity contribution in [1.82, 2.24) is 24.4 Å². The van der Waals surface area contributed by atoms with Crippen molar-refractivity contribution in [2.24, 2.45) is 0 Å². The highest BCUT2D eigenvalue weighted by Crippen LogP contribution is 2.35. The van der Waals surface area contributed by atoms with Crippen LogP contribution in [0, 0.1) is 0 Å². The molecule has 0 radical (unpaired) electrons. The van der Waals surface area contributed by atoms with Gasteiger partial charge in [0.1, 0.15) is 18.3 Å². The Morgan fingerprint density at radius 1 is 0.944 bits per heavy atom. The second kappa shape index (κ2) is 9.59. The Morgan fingerprint density at radius 2 is 1.69 bits per heavy atom. The number of imidazole rings is 1. The zero-order valence-electron chi connectivity index (χ0n) is 19.5. The van der Waals surface area contributed by atoms with Gasteiger partial charge in [-0.25, -0.2) is 19.7 Å². The monoisotopic (exact) mass is 522 g/mol. The Bertz CT molecular complexity index is 1410. The van der Waals surface area contributed by atoms with Gasteiger partial charge in [0.05, 0.1) is 5.02 Å². The number of rotatable bonds is 4. The first kappa shape index (κ1) is 23.1. The molecule has 10 heteroatoms. The highest BCUT2D eigenvalue weighted by molar-refractivity contribution is 6.33. The van der Waals surface area contributed by atoms with E-state index in [0.717, 1.165) is 36.3 Å². The largest absolute Gasteiger partial charge is 0.446 e. The van der Waals surface area contributed by atoms with Crippen LogP contribution in [0.3, 0.4) is 0 Å². The molecular formula is C26H24Cl2N6O2. The standard InChI is InChI=1S/C26H24Cl2N6O2/c27-17-8-10-18(11-9-17)34-23(20-6-1-2-7-21(20)28)31-22-24(29-16-30-25(22)34)32-12-14-33(15-13-32)26(35)36-19-4-3-5-19/h1-2,6-11,16,19H,3-5,12-15H2. The van der Waals surface area contributed by atoms with Gasteiger partial charge in [-0.05, 0) is 55.7 Å². The molecule has 2 aliphatic rings. The van der Waals surface area contributed by atoms with Crippen molar-refractivity contribution in [3.05, 3.63) is 64.9 Å². The number of carbonyl (C=O) groups excluding carboxylic acids is 1. The molecule has 184 valence electrons. The number of carbonyl (C=O) groups is 1. The lowest BCUT2D eigenvalue weighted by atomic mass is 9.96. The Balaban J connectivity index is 1.36. The number of halogens is 2. The maximum atomic E-state index is 12.5. The van der Waals surface area contributed by atoms with Crippen LogP contribution >= 0.6 is 23.2 Å². The number of amides is 1. The number of nitrogens with zero attached hydrogens (tertiary/aromatic N) is 6. The molecule has 1 aliphatic carbocycles. The van der Waals surface area contributed by atoms with Crippen LogP contribution in [-0.2, 0) is 4.74 Å². The zero-order valence-corrected chi connectivity index (χ0v) is 21.0. The molecule has 0 N–H and O–H groups in total. The van der Waals surface area contributed by atoms with E-state index < -0.39 is 0 Å². The van der Waals surface area contributed by atoms with Crippen molar-refractivity contribution in [2.45, 2.75) is 25.4 Å². The van der Waals surface area contributed by atoms with Gasteiger partial charge in [0.15, 0.2) is 17.0 Å². The molecule has 2 aromatic heterocycles. The quantitative estimate of drug-likeness (QED) is 0.347. The van der Waals surface area contributed by atoms with Crippen molar-refractivity contribution in [3.63, 3.8) is 0 Å². The van der Waals surface area contributed by atoms with Crippen molar-refractivity contribution in [2.75, 3.05) is 31.1 Å². The average Bonchev–Trinajstić information content (AvgIpc) is 3.26. The third-order valence-corrected chi connectivity index (χ3v) is 7.36. The Labute approximate surface area is 218 Å². The Morgan fingerprint density at radius 3 is 2.39 bits per heavy atom. The summed E-state index contributed by atoms with van der Waals surface area (Å²) in [6.07, 6.45) is 4.48. The normalized spacial score (nSPS) is 16.3. The molecule has 3 heterocycles. The van der Waals surface area contributed by atoms with Crippen LogP contribution in [0.4, 0.5) is 10.6 Å². The minimum Gasteiger partial charge on any atom is -0.446 e. The second-order valence-electron chi connectivity index (χ2n) is 9.01. The fourth-order valence-corrected chi connectivity index (χ4v) is 4.92. The first-order valence-electron chi connectivity index (χ1n) is 12.0. The van der Waals surface area contributed by atoms with E-state index in [1.165, 1.54) is 0 Å². The maximum absolute atomic E-state index is 12.5. The molecule has 0 spiro atoms. The third kappa shape index (κ3) is 4.24. The fourth-order valence-electron chi connectivity index (χ4n) is 4.58. The van der Waals surface area contributed by atoms with Crippen LogP contribution in [0.1, 0.15) is 19.3 Å². The van der Waals surface area contributed by atoms with Gasteiger partial charge in [-0.15, -0.1) is 0 Å². The van der Waals surface area contributed by atoms with Gasteiger partial charge in [0.2, 0.25) is 0 Å². The summed E-state index contributed by atoms with van der Waals surface area (Å²) in [6, 6.07) is 15.1. The molecule has 6 rings (SSSR count). The summed E-state index contributed by atoms with van der Waals surface area (Å²) in [5, 5.41) is 1.24. The van der Waals surface area contributed by atoms with Crippen LogP contribution in [0.15, 0.2) is 54.9 Å². The maximum Gasteiger partial charge on any atom is 0.410 e. The van der Waals surface area contributed by atoms with E-state index in [1.54, 1.807) is 11.2 Å². The molecule has 1 aliphatic heterocycles. The van der Waals surface area contributed by atoms with E-state index in [9.17, 15) is 4.79 Å². The van der Waals surface area contributed by atoms with Gasteiger partial charge in [0.25, 0.3) is 0 Å². The molecular weight excluding hydrogens is 499 g/mol. The van der Waals surface area contributed by atoms with Crippen LogP contribution in [-0.4, -0.2) is 62.8 Å². The highest BCUT2D eigenvalue weighted by Gasteiger charge is 2.29. The number of benzene rings is 2. The summed E-state index contributed by atoms with van der Waals surface area (Å²) < 4.78 is 7.56. The fraction of sp³-hybridized carbons (Fsp3) is 0.308. The molecule has 1 saturated carbocycles. The SMILES string of the molecule is O=C(OC1CCC1)N1CCN(c2ncnc3c2nc(-c2ccccc2Cl)n3-c2ccc(Cl)cc2)CC1. The lowest BCUT2D eigenvalue weighted by Gasteiger charge is -2.36. The summed E-state index contributed by atoms with van der Waals surface area (Å²) in [6.45, 7) is 2.38. The summed E-state index contributed by atoms with van der Waals surface area (Å²) >= 11 is 12.7. The lowest BCUT2D eigenvalue weighted by Crippen LogP contribution is -2.50. The van der Waals surface area contributed by atoms with E-state index in [4.69, 9.17) is 32.9 Å². The van der Waals surface area contributed by atoms with E-state index in [1.807, 2.05) is 53.1 Å². The van der Waals surface area contributed by atoms with Crippen molar-refractivity contribution >= 4 is 46.3 Å². The number of hydrogen-bond donors (Lipinski definition) is 0. The molecule has 0 bridgehead atoms. The second-order valence-corrected chi connectivity index (χ2v) is 9.85. The van der Waals surface area contributed by atoms with Gasteiger partial charge in [-0.2, -0.15) is 0 Å². The number of piperazine rings is 1. The molecule has 0 atom stereocenters. The Hall–Kier alpha value is -3.36. The smallest absolute Gasteiger partial charge is 0.410 e. The van der Waals surface area contributed by atoms with Gasteiger partial charge in [-0.1, -0.05) is 35.3 Å². The van der Waals surface area contributed by atoms with Crippen LogP contribution in [0.2, 0.25) is 10.0 Å². The Kier molecular flexibility index (Phi) is 6.15. The summed E-state index contributed by atoms with van der Waals surface area (Å²) in [5.41, 5.74) is 3.00. The minimum atomic E-state index is -0.222. The molecule has 1 amide bonds. The molecule has 8 nitrogen and oxygen atoms in total. The van der Waals surface area contributed by atoms with Gasteiger partial charge in [0, 0.05) is 42.5 Å². The number of ether oxygens (including phenoxy) is 1. The summed E-state index contributed by atoms with van der Waals surface area (Å²) in [7, 11) is 0. The number of aromatic nitrogens is 4. The molecule has 1 saturated heterocycles. The van der Waals surface area contributed by atoms with Gasteiger partial charge < -0.3 is 14.5 Å². The predicted molar refractivity (Wildman–Crippen MR) is 140 cm³/mol. The number of hydrogen-bond acceptors (Lipinski definition) is 6. The van der Waals surface area contributed by atoms with Crippen molar-refractivity contribution < 1.29 is 9.53 Å². The number of anilines is 1. The number of fused-ring (bicyclic) bond motifs is 1. The van der Waals surface area contributed by atoms with E-state index in [0.29, 0.717) is 53.2 Å². The van der Waals surface area contributed by atoms with Crippen LogP contribution in [0.5, 0.6) is 0 Å². The zero-order chi connectivity index (χ0) is 24.6. The van der Waals surface area contributed by atoms with Crippen LogP contribution < -0.4 is 4.90 Å². The predicted octanol–water partition coefficient (Wildman–Crippen LogP) is 5.60. The molecule has 36 heavy (non-hydrogen) atoms. The van der Waals surface area contributed by atoms with E-state index in [-0.39, 0.29) is 12.2 Å². The van der Waals surface area contributed by atoms with Crippen molar-refractivity contribution in [1.29, 1.82) is 0 Å². The van der Waals surface area contributed by atoms with Crippen LogP contribution in [0.25, 0.3) is 28.2 Å². The summed E-state index contributed by atoms with van der Waals surface area (Å²) in [5.74, 6) is 1.40. The average molecular weight is 523 g/mol. The van der Waals surface area contributed by atoms with Crippen molar-refractivity contribution in [3.8, 4) is 17.1 Å².